The molecule has 0 radical (unpaired) electrons. The quantitative estimate of drug-likeness (QED) is 0.763. The Kier molecular flexibility index (Phi) is 6.76. The van der Waals surface area contributed by atoms with E-state index >= 15 is 0 Å². The van der Waals surface area contributed by atoms with Gasteiger partial charge in [0.2, 0.25) is 11.8 Å². The maximum Gasteiger partial charge on any atom is 0.248 e. The molecule has 27 heavy (non-hydrogen) atoms. The van der Waals surface area contributed by atoms with Crippen LogP contribution in [0.25, 0.3) is 11.3 Å². The lowest BCUT2D eigenvalue weighted by Gasteiger charge is -2.21. The lowest BCUT2D eigenvalue weighted by molar-refractivity contribution is -0.131. The molecular formula is C21H29N3O2S. The maximum absolute atomic E-state index is 12.4. The number of nitrogens with one attached hydrogen (secondary N) is 2. The first-order valence-corrected chi connectivity index (χ1v) is 10.1. The predicted octanol–water partition coefficient (Wildman–Crippen LogP) is 4.56. The molecular weight excluding hydrogens is 358 g/mol. The molecule has 1 aromatic carbocycles. The molecule has 146 valence electrons. The van der Waals surface area contributed by atoms with E-state index < -0.39 is 11.5 Å². The Hall–Kier alpha value is -2.21. The van der Waals surface area contributed by atoms with Crippen LogP contribution in [0.2, 0.25) is 0 Å². The SMILES string of the molecule is CCCc1ccc(-c2nc(NC(=O)[C@H](C)NC(=O)C(C)(C)C)sc2C)cc1. The zero-order chi connectivity index (χ0) is 20.2. The second kappa shape index (κ2) is 8.65. The van der Waals surface area contributed by atoms with Gasteiger partial charge in [-0.05, 0) is 25.8 Å². The summed E-state index contributed by atoms with van der Waals surface area (Å²) in [5.41, 5.74) is 2.69. The van der Waals surface area contributed by atoms with Gasteiger partial charge in [-0.1, -0.05) is 58.4 Å². The molecule has 2 aromatic rings. The van der Waals surface area contributed by atoms with Gasteiger partial charge in [0.25, 0.3) is 0 Å². The Balaban J connectivity index is 2.07. The number of nitrogens with zero attached hydrogens (tertiary/aromatic N) is 1. The molecule has 0 aliphatic carbocycles. The Morgan fingerprint density at radius 3 is 2.37 bits per heavy atom. The molecule has 0 saturated carbocycles. The van der Waals surface area contributed by atoms with Crippen LogP contribution in [0, 0.1) is 12.3 Å². The summed E-state index contributed by atoms with van der Waals surface area (Å²) in [6.07, 6.45) is 2.19. The van der Waals surface area contributed by atoms with E-state index in [0.717, 1.165) is 29.0 Å². The largest absolute Gasteiger partial charge is 0.344 e. The monoisotopic (exact) mass is 387 g/mol. The molecule has 2 amide bonds. The van der Waals surface area contributed by atoms with Crippen molar-refractivity contribution < 1.29 is 9.59 Å². The summed E-state index contributed by atoms with van der Waals surface area (Å²) < 4.78 is 0. The smallest absolute Gasteiger partial charge is 0.248 e. The van der Waals surface area contributed by atoms with Crippen LogP contribution in [0.1, 0.15) is 51.5 Å². The highest BCUT2D eigenvalue weighted by molar-refractivity contribution is 7.16. The number of thiazole rings is 1. The Labute approximate surface area is 165 Å². The van der Waals surface area contributed by atoms with E-state index in [1.54, 1.807) is 6.92 Å². The number of aromatic nitrogens is 1. The first-order valence-electron chi connectivity index (χ1n) is 9.30. The summed E-state index contributed by atoms with van der Waals surface area (Å²) in [5, 5.41) is 6.10. The van der Waals surface area contributed by atoms with Crippen molar-refractivity contribution >= 4 is 28.3 Å². The number of hydrogen-bond donors (Lipinski definition) is 2. The molecule has 1 atom stereocenters. The highest BCUT2D eigenvalue weighted by Crippen LogP contribution is 2.30. The molecule has 5 nitrogen and oxygen atoms in total. The van der Waals surface area contributed by atoms with Crippen LogP contribution in [-0.2, 0) is 16.0 Å². The van der Waals surface area contributed by atoms with E-state index in [1.165, 1.54) is 16.9 Å². The minimum absolute atomic E-state index is 0.159. The van der Waals surface area contributed by atoms with Gasteiger partial charge in [0.05, 0.1) is 5.69 Å². The van der Waals surface area contributed by atoms with Gasteiger partial charge < -0.3 is 10.6 Å². The standard InChI is InChI=1S/C21H29N3O2S/c1-7-8-15-9-11-16(12-10-15)17-14(3)27-20(23-17)24-18(25)13(2)22-19(26)21(4,5)6/h9-13H,7-8H2,1-6H3,(H,22,26)(H,23,24,25)/t13-/m0/s1. The fraction of sp³-hybridized carbons (Fsp3) is 0.476. The number of amides is 2. The zero-order valence-corrected chi connectivity index (χ0v) is 17.8. The highest BCUT2D eigenvalue weighted by Gasteiger charge is 2.25. The average Bonchev–Trinajstić information content (AvgIpc) is 2.95. The molecule has 2 rings (SSSR count). The third kappa shape index (κ3) is 5.63. The van der Waals surface area contributed by atoms with E-state index in [0.29, 0.717) is 5.13 Å². The minimum Gasteiger partial charge on any atom is -0.344 e. The van der Waals surface area contributed by atoms with Crippen LogP contribution in [0.15, 0.2) is 24.3 Å². The van der Waals surface area contributed by atoms with Crippen LogP contribution < -0.4 is 10.6 Å². The molecule has 0 bridgehead atoms. The first-order chi connectivity index (χ1) is 12.6. The molecule has 1 aromatic heterocycles. The lowest BCUT2D eigenvalue weighted by atomic mass is 9.95. The maximum atomic E-state index is 12.4. The van der Waals surface area contributed by atoms with Gasteiger partial charge in [-0.2, -0.15) is 0 Å². The van der Waals surface area contributed by atoms with Gasteiger partial charge in [0.15, 0.2) is 5.13 Å². The van der Waals surface area contributed by atoms with Crippen LogP contribution in [0.4, 0.5) is 5.13 Å². The average molecular weight is 388 g/mol. The number of anilines is 1. The van der Waals surface area contributed by atoms with E-state index in [-0.39, 0.29) is 11.8 Å². The summed E-state index contributed by atoms with van der Waals surface area (Å²) in [6.45, 7) is 11.3. The number of carbonyl (C=O) groups excluding carboxylic acids is 2. The van der Waals surface area contributed by atoms with Crippen molar-refractivity contribution in [1.82, 2.24) is 10.3 Å². The molecule has 6 heteroatoms. The predicted molar refractivity (Wildman–Crippen MR) is 112 cm³/mol. The Bertz CT molecular complexity index is 804. The fourth-order valence-electron chi connectivity index (χ4n) is 2.53. The third-order valence-electron chi connectivity index (χ3n) is 4.21. The van der Waals surface area contributed by atoms with Gasteiger partial charge in [-0.25, -0.2) is 4.98 Å². The third-order valence-corrected chi connectivity index (χ3v) is 5.10. The number of carbonyl (C=O) groups is 2. The second-order valence-electron chi connectivity index (χ2n) is 7.81. The molecule has 2 N–H and O–H groups in total. The minimum atomic E-state index is -0.627. The molecule has 0 fully saturated rings. The van der Waals surface area contributed by atoms with Gasteiger partial charge in [0.1, 0.15) is 6.04 Å². The van der Waals surface area contributed by atoms with Crippen molar-refractivity contribution in [1.29, 1.82) is 0 Å². The normalized spacial score (nSPS) is 12.5. The van der Waals surface area contributed by atoms with Crippen molar-refractivity contribution in [3.8, 4) is 11.3 Å². The van der Waals surface area contributed by atoms with Crippen LogP contribution >= 0.6 is 11.3 Å². The van der Waals surface area contributed by atoms with E-state index in [1.807, 2.05) is 27.7 Å². The van der Waals surface area contributed by atoms with Gasteiger partial charge in [0, 0.05) is 15.9 Å². The topological polar surface area (TPSA) is 71.1 Å². The van der Waals surface area contributed by atoms with Crippen molar-refractivity contribution in [3.63, 3.8) is 0 Å². The number of benzene rings is 1. The van der Waals surface area contributed by atoms with Crippen molar-refractivity contribution in [3.05, 3.63) is 34.7 Å². The fourth-order valence-corrected chi connectivity index (χ4v) is 3.37. The molecule has 0 spiro atoms. The van der Waals surface area contributed by atoms with Gasteiger partial charge in [-0.3, -0.25) is 9.59 Å². The second-order valence-corrected chi connectivity index (χ2v) is 9.01. The molecule has 0 saturated heterocycles. The first kappa shape index (κ1) is 21.1. The lowest BCUT2D eigenvalue weighted by Crippen LogP contribution is -2.46. The van der Waals surface area contributed by atoms with E-state index in [9.17, 15) is 9.59 Å². The van der Waals surface area contributed by atoms with Crippen molar-refractivity contribution in [2.45, 2.75) is 60.4 Å². The van der Waals surface area contributed by atoms with Crippen molar-refractivity contribution in [2.24, 2.45) is 5.41 Å². The van der Waals surface area contributed by atoms with Crippen LogP contribution in [0.3, 0.4) is 0 Å². The van der Waals surface area contributed by atoms with Gasteiger partial charge >= 0.3 is 0 Å². The summed E-state index contributed by atoms with van der Waals surface area (Å²) in [7, 11) is 0. The molecule has 0 unspecified atom stereocenters. The molecule has 1 heterocycles. The summed E-state index contributed by atoms with van der Waals surface area (Å²) in [5.74, 6) is -0.431. The van der Waals surface area contributed by atoms with Crippen molar-refractivity contribution in [2.75, 3.05) is 5.32 Å². The summed E-state index contributed by atoms with van der Waals surface area (Å²) in [4.78, 5) is 30.1. The zero-order valence-electron chi connectivity index (χ0n) is 17.0. The van der Waals surface area contributed by atoms with E-state index in [2.05, 4.69) is 46.8 Å². The number of hydrogen-bond acceptors (Lipinski definition) is 4. The van der Waals surface area contributed by atoms with Gasteiger partial charge in [-0.15, -0.1) is 11.3 Å². The molecule has 0 aliphatic heterocycles. The summed E-state index contributed by atoms with van der Waals surface area (Å²) in [6, 6.07) is 7.77. The number of rotatable bonds is 6. The van der Waals surface area contributed by atoms with Crippen LogP contribution in [-0.4, -0.2) is 22.8 Å². The number of aryl methyl sites for hydroxylation is 2. The summed E-state index contributed by atoms with van der Waals surface area (Å²) >= 11 is 1.44. The molecule has 0 aliphatic rings. The Morgan fingerprint density at radius 2 is 1.81 bits per heavy atom. The van der Waals surface area contributed by atoms with E-state index in [4.69, 9.17) is 0 Å². The highest BCUT2D eigenvalue weighted by atomic mass is 32.1. The van der Waals surface area contributed by atoms with Crippen LogP contribution in [0.5, 0.6) is 0 Å². The Morgan fingerprint density at radius 1 is 1.19 bits per heavy atom.